The zero-order valence-electron chi connectivity index (χ0n) is 11.1. The molecular weight excluding hydrogens is 242 g/mol. The second-order valence-electron chi connectivity index (χ2n) is 4.56. The summed E-state index contributed by atoms with van der Waals surface area (Å²) in [4.78, 5) is 17.8. The van der Waals surface area contributed by atoms with Crippen molar-refractivity contribution in [3.63, 3.8) is 0 Å². The Balaban J connectivity index is 2.62. The van der Waals surface area contributed by atoms with E-state index in [1.165, 1.54) is 4.90 Å². The summed E-state index contributed by atoms with van der Waals surface area (Å²) in [5, 5.41) is 8.94. The van der Waals surface area contributed by atoms with Crippen LogP contribution < -0.4 is 5.73 Å². The molecule has 19 heavy (non-hydrogen) atoms. The van der Waals surface area contributed by atoms with Crippen molar-refractivity contribution in [3.8, 4) is 6.07 Å². The lowest BCUT2D eigenvalue weighted by Gasteiger charge is -2.19. The highest BCUT2D eigenvalue weighted by Gasteiger charge is 2.21. The van der Waals surface area contributed by atoms with E-state index in [0.29, 0.717) is 16.6 Å². The van der Waals surface area contributed by atoms with Gasteiger partial charge in [0.05, 0.1) is 22.7 Å². The summed E-state index contributed by atoms with van der Waals surface area (Å²) in [5.74, 6) is 0.196. The first-order valence-electron chi connectivity index (χ1n) is 5.84. The fourth-order valence-electron chi connectivity index (χ4n) is 2.07. The Bertz CT molecular complexity index is 680. The van der Waals surface area contributed by atoms with Gasteiger partial charge in [-0.05, 0) is 25.1 Å². The maximum atomic E-state index is 12.0. The summed E-state index contributed by atoms with van der Waals surface area (Å²) in [5.41, 5.74) is 7.76. The van der Waals surface area contributed by atoms with E-state index in [0.717, 1.165) is 0 Å². The van der Waals surface area contributed by atoms with Crippen LogP contribution in [-0.2, 0) is 4.79 Å². The Morgan fingerprint density at radius 3 is 2.79 bits per heavy atom. The van der Waals surface area contributed by atoms with E-state index in [9.17, 15) is 4.79 Å². The molecule has 2 rings (SSSR count). The minimum atomic E-state index is -0.464. The number of nitriles is 1. The van der Waals surface area contributed by atoms with E-state index in [2.05, 4.69) is 11.1 Å². The number of nitrogens with two attached hydrogens (primary N) is 1. The lowest BCUT2D eigenvalue weighted by atomic mass is 10.2. The number of nitrogens with zero attached hydrogens (tertiary/aromatic N) is 4. The highest BCUT2D eigenvalue weighted by atomic mass is 16.2. The average molecular weight is 257 g/mol. The van der Waals surface area contributed by atoms with Gasteiger partial charge in [0.25, 0.3) is 0 Å². The van der Waals surface area contributed by atoms with Crippen LogP contribution in [0.15, 0.2) is 18.2 Å². The number of hydrogen-bond acceptors (Lipinski definition) is 4. The molecule has 0 aliphatic carbocycles. The molecule has 2 aromatic rings. The van der Waals surface area contributed by atoms with Crippen molar-refractivity contribution < 1.29 is 4.79 Å². The third kappa shape index (κ3) is 2.10. The molecule has 6 nitrogen and oxygen atoms in total. The van der Waals surface area contributed by atoms with E-state index in [1.54, 1.807) is 43.8 Å². The SMILES string of the molecule is CC(C(=O)N(C)C)n1c(N)nc2ccc(C#N)cc21. The number of benzene rings is 1. The number of amides is 1. The van der Waals surface area contributed by atoms with Gasteiger partial charge in [-0.2, -0.15) is 5.26 Å². The number of rotatable bonds is 2. The number of carbonyl (C=O) groups is 1. The smallest absolute Gasteiger partial charge is 0.244 e. The maximum absolute atomic E-state index is 12.0. The molecule has 0 aliphatic heterocycles. The molecule has 0 saturated carbocycles. The maximum Gasteiger partial charge on any atom is 0.244 e. The molecule has 1 aromatic heterocycles. The number of hydrogen-bond donors (Lipinski definition) is 1. The van der Waals surface area contributed by atoms with Crippen molar-refractivity contribution in [2.24, 2.45) is 0 Å². The Labute approximate surface area is 111 Å². The summed E-state index contributed by atoms with van der Waals surface area (Å²) >= 11 is 0. The van der Waals surface area contributed by atoms with Crippen LogP contribution >= 0.6 is 0 Å². The van der Waals surface area contributed by atoms with Crippen molar-refractivity contribution in [2.45, 2.75) is 13.0 Å². The summed E-state index contributed by atoms with van der Waals surface area (Å²) in [7, 11) is 3.38. The molecular formula is C13H15N5O. The second kappa shape index (κ2) is 4.61. The van der Waals surface area contributed by atoms with E-state index < -0.39 is 6.04 Å². The molecule has 1 aromatic carbocycles. The van der Waals surface area contributed by atoms with Crippen LogP contribution in [0.1, 0.15) is 18.5 Å². The summed E-state index contributed by atoms with van der Waals surface area (Å²) in [6.07, 6.45) is 0. The number of nitrogen functional groups attached to an aromatic ring is 1. The molecule has 0 fully saturated rings. The first-order chi connectivity index (χ1) is 8.95. The van der Waals surface area contributed by atoms with Crippen molar-refractivity contribution in [1.29, 1.82) is 5.26 Å². The highest BCUT2D eigenvalue weighted by molar-refractivity contribution is 5.85. The monoisotopic (exact) mass is 257 g/mol. The normalized spacial score (nSPS) is 12.1. The zero-order chi connectivity index (χ0) is 14.2. The molecule has 1 unspecified atom stereocenters. The van der Waals surface area contributed by atoms with Crippen molar-refractivity contribution in [2.75, 3.05) is 19.8 Å². The van der Waals surface area contributed by atoms with E-state index >= 15 is 0 Å². The largest absolute Gasteiger partial charge is 0.369 e. The molecule has 0 radical (unpaired) electrons. The molecule has 0 bridgehead atoms. The van der Waals surface area contributed by atoms with Gasteiger partial charge in [-0.1, -0.05) is 0 Å². The van der Waals surface area contributed by atoms with Crippen LogP contribution in [0.3, 0.4) is 0 Å². The quantitative estimate of drug-likeness (QED) is 0.873. The number of anilines is 1. The Hall–Kier alpha value is -2.55. The van der Waals surface area contributed by atoms with E-state index in [1.807, 2.05) is 0 Å². The van der Waals surface area contributed by atoms with Gasteiger partial charge in [-0.25, -0.2) is 4.98 Å². The standard InChI is InChI=1S/C13H15N5O/c1-8(12(19)17(2)3)18-11-6-9(7-14)4-5-10(11)16-13(18)15/h4-6,8H,1-3H3,(H2,15,16). The Kier molecular flexibility index (Phi) is 3.13. The molecule has 1 amide bonds. The van der Waals surface area contributed by atoms with Crippen LogP contribution in [0, 0.1) is 11.3 Å². The first kappa shape index (κ1) is 12.9. The van der Waals surface area contributed by atoms with Gasteiger partial charge < -0.3 is 10.6 Å². The number of aromatic nitrogens is 2. The predicted molar refractivity (Wildman–Crippen MR) is 72.3 cm³/mol. The number of fused-ring (bicyclic) bond motifs is 1. The second-order valence-corrected chi connectivity index (χ2v) is 4.56. The highest BCUT2D eigenvalue weighted by Crippen LogP contribution is 2.24. The van der Waals surface area contributed by atoms with Crippen molar-refractivity contribution >= 4 is 22.9 Å². The molecule has 1 heterocycles. The van der Waals surface area contributed by atoms with Crippen LogP contribution in [-0.4, -0.2) is 34.5 Å². The van der Waals surface area contributed by atoms with Gasteiger partial charge in [0.1, 0.15) is 6.04 Å². The molecule has 0 spiro atoms. The van der Waals surface area contributed by atoms with E-state index in [4.69, 9.17) is 11.0 Å². The third-order valence-electron chi connectivity index (χ3n) is 3.03. The molecule has 0 aliphatic rings. The van der Waals surface area contributed by atoms with Gasteiger partial charge in [0, 0.05) is 14.1 Å². The fourth-order valence-corrected chi connectivity index (χ4v) is 2.07. The molecule has 1 atom stereocenters. The number of imidazole rings is 1. The van der Waals surface area contributed by atoms with Crippen molar-refractivity contribution in [1.82, 2.24) is 14.5 Å². The van der Waals surface area contributed by atoms with Gasteiger partial charge in [-0.3, -0.25) is 9.36 Å². The lowest BCUT2D eigenvalue weighted by molar-refractivity contribution is -0.131. The van der Waals surface area contributed by atoms with Gasteiger partial charge in [0.2, 0.25) is 11.9 Å². The topological polar surface area (TPSA) is 87.9 Å². The molecule has 6 heteroatoms. The zero-order valence-corrected chi connectivity index (χ0v) is 11.1. The van der Waals surface area contributed by atoms with Crippen LogP contribution in [0.5, 0.6) is 0 Å². The van der Waals surface area contributed by atoms with Gasteiger partial charge in [-0.15, -0.1) is 0 Å². The third-order valence-corrected chi connectivity index (χ3v) is 3.03. The lowest BCUT2D eigenvalue weighted by Crippen LogP contribution is -2.30. The summed E-state index contributed by atoms with van der Waals surface area (Å²) in [6, 6.07) is 6.71. The van der Waals surface area contributed by atoms with Crippen LogP contribution in [0.25, 0.3) is 11.0 Å². The van der Waals surface area contributed by atoms with E-state index in [-0.39, 0.29) is 11.9 Å². The average Bonchev–Trinajstić information content (AvgIpc) is 2.71. The number of carbonyl (C=O) groups excluding carboxylic acids is 1. The van der Waals surface area contributed by atoms with Gasteiger partial charge >= 0.3 is 0 Å². The number of likely N-dealkylation sites (N-methyl/N-ethyl adjacent to an activating group) is 1. The van der Waals surface area contributed by atoms with Gasteiger partial charge in [0.15, 0.2) is 0 Å². The predicted octanol–water partition coefficient (Wildman–Crippen LogP) is 1.14. The fraction of sp³-hybridized carbons (Fsp3) is 0.308. The molecule has 98 valence electrons. The first-order valence-corrected chi connectivity index (χ1v) is 5.84. The molecule has 2 N–H and O–H groups in total. The molecule has 0 saturated heterocycles. The summed E-state index contributed by atoms with van der Waals surface area (Å²) < 4.78 is 1.65. The minimum absolute atomic E-state index is 0.0756. The summed E-state index contributed by atoms with van der Waals surface area (Å²) in [6.45, 7) is 1.76. The Morgan fingerprint density at radius 2 is 2.21 bits per heavy atom. The Morgan fingerprint density at radius 1 is 1.53 bits per heavy atom. The van der Waals surface area contributed by atoms with Crippen LogP contribution in [0.4, 0.5) is 5.95 Å². The minimum Gasteiger partial charge on any atom is -0.369 e. The van der Waals surface area contributed by atoms with Crippen LogP contribution in [0.2, 0.25) is 0 Å². The van der Waals surface area contributed by atoms with Crippen molar-refractivity contribution in [3.05, 3.63) is 23.8 Å².